The molecule has 0 N–H and O–H groups in total. The normalized spacial score (nSPS) is 9.50. The minimum atomic E-state index is 0.569. The predicted molar refractivity (Wildman–Crippen MR) is 59.0 cm³/mol. The number of benzene rings is 1. The fourth-order valence-corrected chi connectivity index (χ4v) is 1.28. The second kappa shape index (κ2) is 4.36. The van der Waals surface area contributed by atoms with Crippen LogP contribution in [0.2, 0.25) is 0 Å². The van der Waals surface area contributed by atoms with Gasteiger partial charge < -0.3 is 4.90 Å². The number of nitrogens with zero attached hydrogens (tertiary/aromatic N) is 5. The standard InChI is InChI=1S/C11H9N5/c1-16(11-14-7-13-8-15-11)10-4-2-9(6-12)3-5-10/h2-5,7-8H,1H3. The summed E-state index contributed by atoms with van der Waals surface area (Å²) in [5.41, 5.74) is 1.55. The zero-order valence-corrected chi connectivity index (χ0v) is 8.70. The molecule has 0 unspecified atom stereocenters. The highest BCUT2D eigenvalue weighted by atomic mass is 15.2. The highest BCUT2D eigenvalue weighted by molar-refractivity contribution is 5.57. The van der Waals surface area contributed by atoms with Gasteiger partial charge in [-0.1, -0.05) is 0 Å². The maximum atomic E-state index is 8.69. The van der Waals surface area contributed by atoms with Crippen LogP contribution in [0.4, 0.5) is 11.6 Å². The molecule has 0 radical (unpaired) electrons. The summed E-state index contributed by atoms with van der Waals surface area (Å²) in [7, 11) is 1.86. The molecule has 1 aromatic carbocycles. The van der Waals surface area contributed by atoms with Crippen molar-refractivity contribution >= 4 is 11.6 Å². The molecule has 16 heavy (non-hydrogen) atoms. The first-order valence-corrected chi connectivity index (χ1v) is 4.67. The molecule has 1 aromatic heterocycles. The predicted octanol–water partition coefficient (Wildman–Crippen LogP) is 1.51. The molecule has 0 saturated heterocycles. The summed E-state index contributed by atoms with van der Waals surface area (Å²) >= 11 is 0. The van der Waals surface area contributed by atoms with Crippen LogP contribution in [-0.2, 0) is 0 Å². The number of rotatable bonds is 2. The fourth-order valence-electron chi connectivity index (χ4n) is 1.28. The lowest BCUT2D eigenvalue weighted by molar-refractivity contribution is 0.984. The van der Waals surface area contributed by atoms with Crippen LogP contribution in [0.1, 0.15) is 5.56 Å². The Balaban J connectivity index is 2.28. The number of nitriles is 1. The summed E-state index contributed by atoms with van der Waals surface area (Å²) in [5, 5.41) is 8.69. The summed E-state index contributed by atoms with van der Waals surface area (Å²) in [4.78, 5) is 13.7. The molecule has 0 bridgehead atoms. The van der Waals surface area contributed by atoms with Crippen molar-refractivity contribution < 1.29 is 0 Å². The van der Waals surface area contributed by atoms with Crippen molar-refractivity contribution in [1.82, 2.24) is 15.0 Å². The van der Waals surface area contributed by atoms with Gasteiger partial charge in [0.2, 0.25) is 5.95 Å². The number of aromatic nitrogens is 3. The van der Waals surface area contributed by atoms with E-state index in [1.54, 1.807) is 12.1 Å². The van der Waals surface area contributed by atoms with Gasteiger partial charge in [0.05, 0.1) is 11.6 Å². The molecule has 0 aliphatic heterocycles. The monoisotopic (exact) mass is 211 g/mol. The molecule has 2 rings (SSSR count). The molecular formula is C11H9N5. The third-order valence-electron chi connectivity index (χ3n) is 2.16. The van der Waals surface area contributed by atoms with Crippen LogP contribution in [0.5, 0.6) is 0 Å². The van der Waals surface area contributed by atoms with Crippen molar-refractivity contribution in [2.75, 3.05) is 11.9 Å². The first-order chi connectivity index (χ1) is 7.81. The zero-order chi connectivity index (χ0) is 11.4. The van der Waals surface area contributed by atoms with Crippen molar-refractivity contribution in [2.24, 2.45) is 0 Å². The first-order valence-electron chi connectivity index (χ1n) is 4.67. The molecule has 0 fully saturated rings. The van der Waals surface area contributed by atoms with Gasteiger partial charge >= 0.3 is 0 Å². The van der Waals surface area contributed by atoms with E-state index in [1.165, 1.54) is 12.7 Å². The number of hydrogen-bond acceptors (Lipinski definition) is 5. The highest BCUT2D eigenvalue weighted by Crippen LogP contribution is 2.19. The van der Waals surface area contributed by atoms with Crippen LogP contribution < -0.4 is 4.90 Å². The second-order valence-corrected chi connectivity index (χ2v) is 3.16. The van der Waals surface area contributed by atoms with Crippen LogP contribution in [0, 0.1) is 11.3 Å². The lowest BCUT2D eigenvalue weighted by Crippen LogP contribution is -2.12. The maximum absolute atomic E-state index is 8.69. The summed E-state index contributed by atoms with van der Waals surface area (Å²) in [6, 6.07) is 9.29. The van der Waals surface area contributed by atoms with E-state index in [0.717, 1.165) is 5.69 Å². The zero-order valence-electron chi connectivity index (χ0n) is 8.70. The number of anilines is 2. The van der Waals surface area contributed by atoms with Gasteiger partial charge in [-0.3, -0.25) is 0 Å². The summed E-state index contributed by atoms with van der Waals surface area (Å²) in [5.74, 6) is 0.569. The van der Waals surface area contributed by atoms with Gasteiger partial charge in [-0.05, 0) is 24.3 Å². The van der Waals surface area contributed by atoms with Crippen LogP contribution in [0.15, 0.2) is 36.9 Å². The largest absolute Gasteiger partial charge is 0.314 e. The maximum Gasteiger partial charge on any atom is 0.232 e. The highest BCUT2D eigenvalue weighted by Gasteiger charge is 2.05. The van der Waals surface area contributed by atoms with E-state index in [2.05, 4.69) is 21.0 Å². The lowest BCUT2D eigenvalue weighted by atomic mass is 10.2. The summed E-state index contributed by atoms with van der Waals surface area (Å²) in [6.45, 7) is 0. The molecular weight excluding hydrogens is 202 g/mol. The average Bonchev–Trinajstić information content (AvgIpc) is 2.39. The van der Waals surface area contributed by atoms with E-state index in [4.69, 9.17) is 5.26 Å². The van der Waals surface area contributed by atoms with Crippen LogP contribution in [0.3, 0.4) is 0 Å². The quantitative estimate of drug-likeness (QED) is 0.753. The Morgan fingerprint density at radius 3 is 2.31 bits per heavy atom. The lowest BCUT2D eigenvalue weighted by Gasteiger charge is -2.16. The SMILES string of the molecule is CN(c1ccc(C#N)cc1)c1ncncn1. The van der Waals surface area contributed by atoms with Crippen molar-refractivity contribution in [3.05, 3.63) is 42.5 Å². The Kier molecular flexibility index (Phi) is 2.74. The van der Waals surface area contributed by atoms with Crippen LogP contribution >= 0.6 is 0 Å². The van der Waals surface area contributed by atoms with Gasteiger partial charge in [-0.25, -0.2) is 15.0 Å². The summed E-state index contributed by atoms with van der Waals surface area (Å²) < 4.78 is 0. The van der Waals surface area contributed by atoms with Gasteiger partial charge in [0, 0.05) is 12.7 Å². The molecule has 0 spiro atoms. The van der Waals surface area contributed by atoms with Gasteiger partial charge in [-0.15, -0.1) is 0 Å². The molecule has 5 heteroatoms. The van der Waals surface area contributed by atoms with Crippen molar-refractivity contribution in [3.63, 3.8) is 0 Å². The summed E-state index contributed by atoms with van der Waals surface area (Å²) in [6.07, 6.45) is 2.89. The molecule has 0 saturated carbocycles. The minimum absolute atomic E-state index is 0.569. The van der Waals surface area contributed by atoms with Crippen molar-refractivity contribution in [2.45, 2.75) is 0 Å². The molecule has 1 heterocycles. The smallest absolute Gasteiger partial charge is 0.232 e. The van der Waals surface area contributed by atoms with E-state index in [1.807, 2.05) is 24.1 Å². The van der Waals surface area contributed by atoms with E-state index in [0.29, 0.717) is 11.5 Å². The van der Waals surface area contributed by atoms with Crippen LogP contribution in [0.25, 0.3) is 0 Å². The number of hydrogen-bond donors (Lipinski definition) is 0. The van der Waals surface area contributed by atoms with Crippen molar-refractivity contribution in [3.8, 4) is 6.07 Å². The fraction of sp³-hybridized carbons (Fsp3) is 0.0909. The Morgan fingerprint density at radius 1 is 1.12 bits per heavy atom. The third kappa shape index (κ3) is 1.96. The molecule has 0 amide bonds. The topological polar surface area (TPSA) is 65.7 Å². The average molecular weight is 211 g/mol. The van der Waals surface area contributed by atoms with E-state index >= 15 is 0 Å². The van der Waals surface area contributed by atoms with E-state index in [-0.39, 0.29) is 0 Å². The van der Waals surface area contributed by atoms with Crippen molar-refractivity contribution in [1.29, 1.82) is 5.26 Å². The van der Waals surface area contributed by atoms with Gasteiger partial charge in [0.1, 0.15) is 12.7 Å². The Hall–Kier alpha value is -2.48. The Bertz CT molecular complexity index is 500. The molecule has 5 nitrogen and oxygen atoms in total. The Labute approximate surface area is 93.0 Å². The molecule has 78 valence electrons. The van der Waals surface area contributed by atoms with Crippen LogP contribution in [-0.4, -0.2) is 22.0 Å². The molecule has 0 aliphatic rings. The molecule has 2 aromatic rings. The van der Waals surface area contributed by atoms with Gasteiger partial charge in [0.25, 0.3) is 0 Å². The Morgan fingerprint density at radius 2 is 1.75 bits per heavy atom. The molecule has 0 aliphatic carbocycles. The van der Waals surface area contributed by atoms with E-state index < -0.39 is 0 Å². The van der Waals surface area contributed by atoms with E-state index in [9.17, 15) is 0 Å². The second-order valence-electron chi connectivity index (χ2n) is 3.16. The first kappa shape index (κ1) is 10.1. The molecule has 0 atom stereocenters. The minimum Gasteiger partial charge on any atom is -0.314 e. The van der Waals surface area contributed by atoms with Gasteiger partial charge in [-0.2, -0.15) is 5.26 Å². The third-order valence-corrected chi connectivity index (χ3v) is 2.16. The van der Waals surface area contributed by atoms with Gasteiger partial charge in [0.15, 0.2) is 0 Å².